The van der Waals surface area contributed by atoms with Crippen molar-refractivity contribution in [1.82, 2.24) is 19.2 Å². The monoisotopic (exact) mass is 436 g/mol. The van der Waals surface area contributed by atoms with Crippen LogP contribution in [0.15, 0.2) is 29.9 Å². The second-order valence-electron chi connectivity index (χ2n) is 6.80. The van der Waals surface area contributed by atoms with Gasteiger partial charge >= 0.3 is 0 Å². The predicted molar refractivity (Wildman–Crippen MR) is 111 cm³/mol. The van der Waals surface area contributed by atoms with E-state index < -0.39 is 15.9 Å². The topological polar surface area (TPSA) is 101 Å². The number of pyridine rings is 1. The summed E-state index contributed by atoms with van der Waals surface area (Å²) in [5.41, 5.74) is 0.929. The summed E-state index contributed by atoms with van der Waals surface area (Å²) in [6, 6.07) is 3.57. The smallest absolute Gasteiger partial charge is 0.286 e. The number of sulfonamides is 1. The Morgan fingerprint density at radius 2 is 2.07 bits per heavy atom. The van der Waals surface area contributed by atoms with Crippen molar-refractivity contribution in [2.45, 2.75) is 32.6 Å². The Hall–Kier alpha value is -2.33. The summed E-state index contributed by atoms with van der Waals surface area (Å²) in [6.45, 7) is 2.93. The SMILES string of the molecule is CCCS(=O)(=O)N(CCCN1CCCC1=O)C(=O)c1csc(-c2ccncc2)n1. The van der Waals surface area contributed by atoms with E-state index in [2.05, 4.69) is 9.97 Å². The number of hydrogen-bond acceptors (Lipinski definition) is 7. The van der Waals surface area contributed by atoms with Gasteiger partial charge in [-0.3, -0.25) is 14.6 Å². The maximum absolute atomic E-state index is 13.0. The van der Waals surface area contributed by atoms with Crippen molar-refractivity contribution in [2.75, 3.05) is 25.4 Å². The molecule has 2 aromatic rings. The van der Waals surface area contributed by atoms with Crippen LogP contribution >= 0.6 is 11.3 Å². The van der Waals surface area contributed by atoms with Crippen molar-refractivity contribution >= 4 is 33.2 Å². The Morgan fingerprint density at radius 1 is 1.31 bits per heavy atom. The van der Waals surface area contributed by atoms with Gasteiger partial charge in [0, 0.05) is 49.4 Å². The fraction of sp³-hybridized carbons (Fsp3) is 0.474. The molecule has 1 saturated heterocycles. The normalized spacial score (nSPS) is 14.4. The van der Waals surface area contributed by atoms with E-state index in [1.807, 2.05) is 0 Å². The third kappa shape index (κ3) is 5.18. The van der Waals surface area contributed by atoms with Crippen molar-refractivity contribution in [3.8, 4) is 10.6 Å². The summed E-state index contributed by atoms with van der Waals surface area (Å²) in [5.74, 6) is -0.647. The molecule has 3 rings (SSSR count). The first-order chi connectivity index (χ1) is 13.9. The van der Waals surface area contributed by atoms with Crippen LogP contribution < -0.4 is 0 Å². The fourth-order valence-corrected chi connectivity index (χ4v) is 5.50. The van der Waals surface area contributed by atoms with Crippen LogP contribution in [0, 0.1) is 0 Å². The molecule has 0 saturated carbocycles. The minimum atomic E-state index is -3.75. The van der Waals surface area contributed by atoms with Gasteiger partial charge in [-0.05, 0) is 31.4 Å². The second-order valence-corrected chi connectivity index (χ2v) is 9.68. The highest BCUT2D eigenvalue weighted by Crippen LogP contribution is 2.24. The van der Waals surface area contributed by atoms with E-state index in [0.717, 1.165) is 16.3 Å². The van der Waals surface area contributed by atoms with Crippen LogP contribution in [0.25, 0.3) is 10.6 Å². The number of carbonyl (C=O) groups is 2. The zero-order valence-electron chi connectivity index (χ0n) is 16.3. The molecule has 0 aromatic carbocycles. The molecule has 1 fully saturated rings. The summed E-state index contributed by atoms with van der Waals surface area (Å²) in [4.78, 5) is 34.8. The number of amides is 2. The zero-order valence-corrected chi connectivity index (χ0v) is 17.9. The highest BCUT2D eigenvalue weighted by molar-refractivity contribution is 7.89. The summed E-state index contributed by atoms with van der Waals surface area (Å²) in [6.07, 6.45) is 5.45. The Balaban J connectivity index is 1.75. The average Bonchev–Trinajstić information content (AvgIpc) is 3.35. The van der Waals surface area contributed by atoms with Gasteiger partial charge in [-0.1, -0.05) is 6.92 Å². The largest absolute Gasteiger partial charge is 0.343 e. The first-order valence-electron chi connectivity index (χ1n) is 9.61. The molecule has 0 atom stereocenters. The standard InChI is InChI=1S/C19H24N4O4S2/c1-2-13-29(26,27)23(12-4-11-22-10-3-5-17(22)24)19(25)16-14-28-18(21-16)15-6-8-20-9-7-15/h6-9,14H,2-5,10-13H2,1H3. The molecule has 0 unspecified atom stereocenters. The van der Waals surface area contributed by atoms with E-state index in [1.54, 1.807) is 41.7 Å². The second kappa shape index (κ2) is 9.45. The van der Waals surface area contributed by atoms with Crippen molar-refractivity contribution in [2.24, 2.45) is 0 Å². The number of rotatable bonds is 9. The minimum absolute atomic E-state index is 0.0348. The van der Waals surface area contributed by atoms with Gasteiger partial charge in [-0.15, -0.1) is 11.3 Å². The molecule has 2 aromatic heterocycles. The lowest BCUT2D eigenvalue weighted by Gasteiger charge is -2.23. The number of aromatic nitrogens is 2. The van der Waals surface area contributed by atoms with Crippen LogP contribution in [0.4, 0.5) is 0 Å². The molecular weight excluding hydrogens is 412 g/mol. The van der Waals surface area contributed by atoms with Gasteiger partial charge in [-0.2, -0.15) is 0 Å². The van der Waals surface area contributed by atoms with E-state index in [0.29, 0.717) is 37.4 Å². The van der Waals surface area contributed by atoms with E-state index in [-0.39, 0.29) is 23.9 Å². The summed E-state index contributed by atoms with van der Waals surface area (Å²) < 4.78 is 26.3. The Morgan fingerprint density at radius 3 is 2.72 bits per heavy atom. The van der Waals surface area contributed by atoms with Crippen molar-refractivity contribution < 1.29 is 18.0 Å². The molecule has 2 amide bonds. The molecular formula is C19H24N4O4S2. The number of likely N-dealkylation sites (tertiary alicyclic amines) is 1. The van der Waals surface area contributed by atoms with Crippen LogP contribution in [0.5, 0.6) is 0 Å². The molecule has 1 aliphatic rings. The molecule has 3 heterocycles. The maximum atomic E-state index is 13.0. The Labute approximate surface area is 174 Å². The summed E-state index contributed by atoms with van der Waals surface area (Å²) in [5, 5.41) is 2.21. The molecule has 8 nitrogen and oxygen atoms in total. The van der Waals surface area contributed by atoms with Gasteiger partial charge in [0.2, 0.25) is 15.9 Å². The molecule has 1 aliphatic heterocycles. The first kappa shape index (κ1) is 21.4. The van der Waals surface area contributed by atoms with Crippen LogP contribution in [-0.2, 0) is 14.8 Å². The average molecular weight is 437 g/mol. The number of thiazole rings is 1. The third-order valence-electron chi connectivity index (χ3n) is 4.64. The first-order valence-corrected chi connectivity index (χ1v) is 12.1. The molecule has 156 valence electrons. The van der Waals surface area contributed by atoms with E-state index in [9.17, 15) is 18.0 Å². The van der Waals surface area contributed by atoms with Crippen LogP contribution in [0.3, 0.4) is 0 Å². The van der Waals surface area contributed by atoms with E-state index in [1.165, 1.54) is 11.3 Å². The Kier molecular flexibility index (Phi) is 6.96. The molecule has 10 heteroatoms. The molecule has 0 spiro atoms. The third-order valence-corrected chi connectivity index (χ3v) is 7.47. The van der Waals surface area contributed by atoms with Gasteiger partial charge < -0.3 is 4.90 Å². The quantitative estimate of drug-likeness (QED) is 0.598. The van der Waals surface area contributed by atoms with Crippen LogP contribution in [-0.4, -0.2) is 64.8 Å². The number of nitrogens with zero attached hydrogens (tertiary/aromatic N) is 4. The van der Waals surface area contributed by atoms with Crippen molar-refractivity contribution in [3.05, 3.63) is 35.6 Å². The Bertz CT molecular complexity index is 960. The van der Waals surface area contributed by atoms with E-state index >= 15 is 0 Å². The predicted octanol–water partition coefficient (Wildman–Crippen LogP) is 2.40. The van der Waals surface area contributed by atoms with Crippen molar-refractivity contribution in [3.63, 3.8) is 0 Å². The lowest BCUT2D eigenvalue weighted by molar-refractivity contribution is -0.127. The lowest BCUT2D eigenvalue weighted by Crippen LogP contribution is -2.40. The summed E-state index contributed by atoms with van der Waals surface area (Å²) >= 11 is 1.28. The number of hydrogen-bond donors (Lipinski definition) is 0. The minimum Gasteiger partial charge on any atom is -0.343 e. The van der Waals surface area contributed by atoms with Gasteiger partial charge in [0.05, 0.1) is 5.75 Å². The van der Waals surface area contributed by atoms with E-state index in [4.69, 9.17) is 0 Å². The number of carbonyl (C=O) groups excluding carboxylic acids is 2. The van der Waals surface area contributed by atoms with Gasteiger partial charge in [0.15, 0.2) is 0 Å². The van der Waals surface area contributed by atoms with Gasteiger partial charge in [0.1, 0.15) is 10.7 Å². The molecule has 0 radical (unpaired) electrons. The highest BCUT2D eigenvalue weighted by atomic mass is 32.2. The van der Waals surface area contributed by atoms with Crippen LogP contribution in [0.2, 0.25) is 0 Å². The molecule has 29 heavy (non-hydrogen) atoms. The molecule has 0 N–H and O–H groups in total. The van der Waals surface area contributed by atoms with Crippen molar-refractivity contribution in [1.29, 1.82) is 0 Å². The van der Waals surface area contributed by atoms with Gasteiger partial charge in [-0.25, -0.2) is 17.7 Å². The van der Waals surface area contributed by atoms with Gasteiger partial charge in [0.25, 0.3) is 5.91 Å². The summed E-state index contributed by atoms with van der Waals surface area (Å²) in [7, 11) is -3.75. The lowest BCUT2D eigenvalue weighted by atomic mass is 10.3. The molecule has 0 aliphatic carbocycles. The zero-order chi connectivity index (χ0) is 20.9. The maximum Gasteiger partial charge on any atom is 0.286 e. The highest BCUT2D eigenvalue weighted by Gasteiger charge is 2.30. The molecule has 0 bridgehead atoms. The fourth-order valence-electron chi connectivity index (χ4n) is 3.21. The van der Waals surface area contributed by atoms with Crippen LogP contribution in [0.1, 0.15) is 43.1 Å².